The van der Waals surface area contributed by atoms with Gasteiger partial charge < -0.3 is 4.90 Å². The molecular formula is C24H29ClN2O3S. The molecule has 1 aliphatic carbocycles. The minimum atomic E-state index is -4.01. The van der Waals surface area contributed by atoms with Crippen LogP contribution in [-0.2, 0) is 26.7 Å². The van der Waals surface area contributed by atoms with Gasteiger partial charge in [0.1, 0.15) is 0 Å². The quantitative estimate of drug-likeness (QED) is 0.699. The second kappa shape index (κ2) is 8.47. The molecule has 1 saturated heterocycles. The van der Waals surface area contributed by atoms with E-state index in [2.05, 4.69) is 9.62 Å². The third-order valence-corrected chi connectivity index (χ3v) is 8.77. The second-order valence-corrected chi connectivity index (χ2v) is 10.6. The van der Waals surface area contributed by atoms with Crippen molar-refractivity contribution < 1.29 is 13.2 Å². The Morgan fingerprint density at radius 2 is 1.84 bits per heavy atom. The van der Waals surface area contributed by atoms with E-state index in [-0.39, 0.29) is 4.90 Å². The predicted octanol–water partition coefficient (Wildman–Crippen LogP) is 4.74. The summed E-state index contributed by atoms with van der Waals surface area (Å²) in [4.78, 5) is 15.8. The smallest absolute Gasteiger partial charge is 0.264 e. The molecule has 166 valence electrons. The predicted molar refractivity (Wildman–Crippen MR) is 124 cm³/mol. The zero-order valence-electron chi connectivity index (χ0n) is 18.1. The van der Waals surface area contributed by atoms with Crippen LogP contribution in [0.25, 0.3) is 0 Å². The van der Waals surface area contributed by atoms with Crippen LogP contribution >= 0.6 is 11.6 Å². The first-order chi connectivity index (χ1) is 14.8. The van der Waals surface area contributed by atoms with Gasteiger partial charge in [-0.15, -0.1) is 0 Å². The lowest BCUT2D eigenvalue weighted by molar-refractivity contribution is -0.125. The van der Waals surface area contributed by atoms with Gasteiger partial charge in [0.25, 0.3) is 10.0 Å². The zero-order valence-corrected chi connectivity index (χ0v) is 19.7. The number of hydrogen-bond acceptors (Lipinski definition) is 4. The van der Waals surface area contributed by atoms with Gasteiger partial charge in [-0.25, -0.2) is 13.1 Å². The summed E-state index contributed by atoms with van der Waals surface area (Å²) < 4.78 is 29.0. The van der Waals surface area contributed by atoms with Crippen LogP contribution in [-0.4, -0.2) is 27.4 Å². The van der Waals surface area contributed by atoms with Gasteiger partial charge in [-0.1, -0.05) is 36.7 Å². The van der Waals surface area contributed by atoms with Crippen LogP contribution in [0.15, 0.2) is 41.3 Å². The molecule has 1 N–H and O–H groups in total. The summed E-state index contributed by atoms with van der Waals surface area (Å²) in [5.74, 6) is -0.473. The summed E-state index contributed by atoms with van der Waals surface area (Å²) in [5.41, 5.74) is 2.52. The topological polar surface area (TPSA) is 66.5 Å². The number of nitrogens with one attached hydrogen (secondary N) is 1. The van der Waals surface area contributed by atoms with E-state index in [1.54, 1.807) is 12.1 Å². The largest absolute Gasteiger partial charge is 0.371 e. The minimum Gasteiger partial charge on any atom is -0.371 e. The third-order valence-electron chi connectivity index (χ3n) is 6.94. The lowest BCUT2D eigenvalue weighted by Crippen LogP contribution is -2.45. The van der Waals surface area contributed by atoms with Crippen molar-refractivity contribution in [2.45, 2.75) is 62.7 Å². The number of halogens is 1. The molecular weight excluding hydrogens is 432 g/mol. The number of carbonyl (C=O) groups is 1. The van der Waals surface area contributed by atoms with Crippen molar-refractivity contribution in [3.05, 3.63) is 58.1 Å². The Labute approximate surface area is 189 Å². The Bertz CT molecular complexity index is 1110. The Hall–Kier alpha value is -2.05. The molecule has 0 bridgehead atoms. The van der Waals surface area contributed by atoms with Gasteiger partial charge in [0, 0.05) is 23.8 Å². The van der Waals surface area contributed by atoms with Crippen LogP contribution in [0, 0.1) is 6.92 Å². The normalized spacial score (nSPS) is 21.1. The first-order valence-electron chi connectivity index (χ1n) is 11.0. The Balaban J connectivity index is 1.66. The lowest BCUT2D eigenvalue weighted by atomic mass is 9.79. The highest BCUT2D eigenvalue weighted by molar-refractivity contribution is 7.90. The average molecular weight is 461 g/mol. The summed E-state index contributed by atoms with van der Waals surface area (Å²) >= 11 is 6.34. The van der Waals surface area contributed by atoms with Crippen LogP contribution in [0.4, 0.5) is 5.69 Å². The van der Waals surface area contributed by atoms with Crippen molar-refractivity contribution in [2.24, 2.45) is 0 Å². The van der Waals surface area contributed by atoms with Crippen molar-refractivity contribution in [3.8, 4) is 0 Å². The van der Waals surface area contributed by atoms with Gasteiger partial charge >= 0.3 is 0 Å². The van der Waals surface area contributed by atoms with Gasteiger partial charge in [0.15, 0.2) is 0 Å². The van der Waals surface area contributed by atoms with E-state index < -0.39 is 21.3 Å². The zero-order chi connectivity index (χ0) is 22.2. The molecule has 2 aliphatic rings. The molecule has 4 rings (SSSR count). The third kappa shape index (κ3) is 3.85. The molecule has 0 saturated carbocycles. The molecule has 1 aliphatic heterocycles. The molecule has 1 unspecified atom stereocenters. The maximum atomic E-state index is 13.4. The number of fused-ring (bicyclic) bond motifs is 1. The number of amides is 1. The molecule has 1 atom stereocenters. The van der Waals surface area contributed by atoms with E-state index in [9.17, 15) is 13.2 Å². The minimum absolute atomic E-state index is 0.166. The number of hydrogen-bond donors (Lipinski definition) is 1. The van der Waals surface area contributed by atoms with Crippen molar-refractivity contribution in [2.75, 3.05) is 18.0 Å². The Morgan fingerprint density at radius 3 is 2.55 bits per heavy atom. The highest BCUT2D eigenvalue weighted by Crippen LogP contribution is 2.44. The SMILES string of the molecule is CCC1(C(=O)NS(=O)(=O)c2cccc(N3CCCCC3)c2C)CCc2c(Cl)cccc21. The molecule has 1 amide bonds. The van der Waals surface area contributed by atoms with Crippen molar-refractivity contribution in [1.29, 1.82) is 0 Å². The number of piperidine rings is 1. The van der Waals surface area contributed by atoms with Crippen LogP contribution in [0.3, 0.4) is 0 Å². The standard InChI is InChI=1S/C24H29ClN2O3S/c1-3-24(14-13-18-19(24)9-7-10-20(18)25)23(28)26-31(29,30)22-12-8-11-21(17(22)2)27-15-5-4-6-16-27/h7-12H,3-6,13-16H2,1-2H3,(H,26,28). The molecule has 1 heterocycles. The summed E-state index contributed by atoms with van der Waals surface area (Å²) in [7, 11) is -4.01. The highest BCUT2D eigenvalue weighted by atomic mass is 35.5. The van der Waals surface area contributed by atoms with Crippen LogP contribution in [0.5, 0.6) is 0 Å². The van der Waals surface area contributed by atoms with E-state index >= 15 is 0 Å². The van der Waals surface area contributed by atoms with E-state index in [0.717, 1.165) is 42.7 Å². The summed E-state index contributed by atoms with van der Waals surface area (Å²) in [6.45, 7) is 5.59. The van der Waals surface area contributed by atoms with Crippen molar-refractivity contribution in [3.63, 3.8) is 0 Å². The summed E-state index contributed by atoms with van der Waals surface area (Å²) in [6, 6.07) is 10.8. The average Bonchev–Trinajstić information content (AvgIpc) is 3.15. The lowest BCUT2D eigenvalue weighted by Gasteiger charge is -2.31. The highest BCUT2D eigenvalue weighted by Gasteiger charge is 2.46. The first-order valence-corrected chi connectivity index (χ1v) is 12.9. The molecule has 2 aromatic rings. The maximum Gasteiger partial charge on any atom is 0.264 e. The summed E-state index contributed by atoms with van der Waals surface area (Å²) in [5, 5.41) is 0.633. The van der Waals surface area contributed by atoms with Gasteiger partial charge in [0.05, 0.1) is 10.3 Å². The molecule has 0 radical (unpaired) electrons. The number of benzene rings is 2. The fourth-order valence-corrected chi connectivity index (χ4v) is 6.73. The molecule has 31 heavy (non-hydrogen) atoms. The first kappa shape index (κ1) is 22.2. The number of anilines is 1. The Kier molecular flexibility index (Phi) is 6.05. The monoisotopic (exact) mass is 460 g/mol. The number of rotatable bonds is 5. The van der Waals surface area contributed by atoms with Gasteiger partial charge in [-0.3, -0.25) is 4.79 Å². The van der Waals surface area contributed by atoms with E-state index in [0.29, 0.717) is 29.8 Å². The molecule has 0 aromatic heterocycles. The van der Waals surface area contributed by atoms with E-state index in [1.165, 1.54) is 6.42 Å². The number of sulfonamides is 1. The van der Waals surface area contributed by atoms with Crippen molar-refractivity contribution >= 4 is 33.2 Å². The molecule has 2 aromatic carbocycles. The molecule has 7 heteroatoms. The molecule has 5 nitrogen and oxygen atoms in total. The van der Waals surface area contributed by atoms with Crippen molar-refractivity contribution in [1.82, 2.24) is 4.72 Å². The van der Waals surface area contributed by atoms with Gasteiger partial charge in [0.2, 0.25) is 5.91 Å². The number of nitrogens with zero attached hydrogens (tertiary/aromatic N) is 1. The maximum absolute atomic E-state index is 13.4. The fourth-order valence-electron chi connectivity index (χ4n) is 5.14. The van der Waals surface area contributed by atoms with E-state index in [1.807, 2.05) is 38.1 Å². The Morgan fingerprint density at radius 1 is 1.13 bits per heavy atom. The fraction of sp³-hybridized carbons (Fsp3) is 0.458. The van der Waals surface area contributed by atoms with Crippen LogP contribution in [0.2, 0.25) is 5.02 Å². The van der Waals surface area contributed by atoms with E-state index in [4.69, 9.17) is 11.6 Å². The molecule has 1 fully saturated rings. The van der Waals surface area contributed by atoms with Crippen LogP contribution in [0.1, 0.15) is 55.7 Å². The number of carbonyl (C=O) groups excluding carboxylic acids is 1. The summed E-state index contributed by atoms with van der Waals surface area (Å²) in [6.07, 6.45) is 5.14. The van der Waals surface area contributed by atoms with Gasteiger partial charge in [-0.2, -0.15) is 0 Å². The second-order valence-electron chi connectivity index (χ2n) is 8.58. The van der Waals surface area contributed by atoms with Crippen LogP contribution < -0.4 is 9.62 Å². The van der Waals surface area contributed by atoms with Gasteiger partial charge in [-0.05, 0) is 80.3 Å². The molecule has 0 spiro atoms.